The smallest absolute Gasteiger partial charge is 0.258 e. The Bertz CT molecular complexity index is 743. The van der Waals surface area contributed by atoms with E-state index in [0.29, 0.717) is 30.8 Å². The monoisotopic (exact) mass is 316 g/mol. The predicted octanol–water partition coefficient (Wildman–Crippen LogP) is 1.36. The third kappa shape index (κ3) is 2.94. The number of hydrogen-bond acceptors (Lipinski definition) is 3. The van der Waals surface area contributed by atoms with Gasteiger partial charge >= 0.3 is 0 Å². The first kappa shape index (κ1) is 15.2. The van der Waals surface area contributed by atoms with E-state index in [2.05, 4.69) is 10.4 Å². The third-order valence-corrected chi connectivity index (χ3v) is 3.84. The van der Waals surface area contributed by atoms with Gasteiger partial charge in [-0.3, -0.25) is 14.3 Å². The molecule has 0 bridgehead atoms. The quantitative estimate of drug-likeness (QED) is 0.929. The molecule has 7 heteroatoms. The molecule has 1 aliphatic heterocycles. The van der Waals surface area contributed by atoms with Crippen LogP contribution in [-0.2, 0) is 11.3 Å². The third-order valence-electron chi connectivity index (χ3n) is 3.84. The second-order valence-electron chi connectivity index (χ2n) is 5.33. The lowest BCUT2D eigenvalue weighted by atomic mass is 10.0. The summed E-state index contributed by atoms with van der Waals surface area (Å²) in [6, 6.07) is 4.93. The van der Waals surface area contributed by atoms with Crippen LogP contribution in [-0.4, -0.2) is 39.6 Å². The van der Waals surface area contributed by atoms with Crippen molar-refractivity contribution in [2.45, 2.75) is 19.5 Å². The number of piperazine rings is 1. The van der Waals surface area contributed by atoms with Gasteiger partial charge in [0.2, 0.25) is 5.91 Å². The van der Waals surface area contributed by atoms with Crippen LogP contribution in [0.25, 0.3) is 0 Å². The van der Waals surface area contributed by atoms with Crippen molar-refractivity contribution < 1.29 is 14.0 Å². The van der Waals surface area contributed by atoms with E-state index in [1.165, 1.54) is 29.3 Å². The lowest BCUT2D eigenvalue weighted by Gasteiger charge is -2.35. The van der Waals surface area contributed by atoms with Crippen molar-refractivity contribution in [2.24, 2.45) is 0 Å². The van der Waals surface area contributed by atoms with Crippen molar-refractivity contribution in [3.05, 3.63) is 53.6 Å². The van der Waals surface area contributed by atoms with Gasteiger partial charge in [-0.2, -0.15) is 5.10 Å². The molecule has 1 aromatic heterocycles. The number of hydrogen-bond donors (Lipinski definition) is 1. The van der Waals surface area contributed by atoms with Gasteiger partial charge in [-0.1, -0.05) is 12.1 Å². The van der Waals surface area contributed by atoms with Gasteiger partial charge in [0.15, 0.2) is 0 Å². The molecule has 3 rings (SSSR count). The number of carbonyl (C=O) groups is 2. The largest absolute Gasteiger partial charge is 0.352 e. The van der Waals surface area contributed by atoms with Crippen molar-refractivity contribution in [2.75, 3.05) is 13.1 Å². The lowest BCUT2D eigenvalue weighted by molar-refractivity contribution is -0.128. The van der Waals surface area contributed by atoms with Gasteiger partial charge in [-0.15, -0.1) is 0 Å². The second-order valence-corrected chi connectivity index (χ2v) is 5.33. The van der Waals surface area contributed by atoms with Crippen LogP contribution < -0.4 is 5.32 Å². The molecule has 1 N–H and O–H groups in total. The topological polar surface area (TPSA) is 67.2 Å². The highest BCUT2D eigenvalue weighted by atomic mass is 19.1. The highest BCUT2D eigenvalue weighted by molar-refractivity contribution is 5.98. The molecule has 23 heavy (non-hydrogen) atoms. The fourth-order valence-electron chi connectivity index (χ4n) is 2.71. The Morgan fingerprint density at radius 1 is 1.48 bits per heavy atom. The Hall–Kier alpha value is -2.70. The molecule has 0 radical (unpaired) electrons. The number of aromatic nitrogens is 2. The van der Waals surface area contributed by atoms with Crippen molar-refractivity contribution in [1.82, 2.24) is 20.0 Å². The standard InChI is InChI=1S/C16H17FN4O2/c1-2-20-10-12(9-19-20)16(23)21-7-6-18-15(22)14(21)11-4-3-5-13(17)8-11/h3-5,8-10,14H,2,6-7H2,1H3,(H,18,22). The Morgan fingerprint density at radius 3 is 3.00 bits per heavy atom. The average Bonchev–Trinajstić information content (AvgIpc) is 3.03. The SMILES string of the molecule is CCn1cc(C(=O)N2CCNC(=O)C2c2cccc(F)c2)cn1. The molecule has 2 amide bonds. The highest BCUT2D eigenvalue weighted by Gasteiger charge is 2.35. The maximum absolute atomic E-state index is 13.5. The summed E-state index contributed by atoms with van der Waals surface area (Å²) >= 11 is 0. The van der Waals surface area contributed by atoms with Crippen molar-refractivity contribution >= 4 is 11.8 Å². The van der Waals surface area contributed by atoms with E-state index in [9.17, 15) is 14.0 Å². The first-order valence-electron chi connectivity index (χ1n) is 7.46. The number of nitrogens with one attached hydrogen (secondary N) is 1. The first-order valence-corrected chi connectivity index (χ1v) is 7.46. The van der Waals surface area contributed by atoms with Gasteiger partial charge in [0.05, 0.1) is 11.8 Å². The van der Waals surface area contributed by atoms with E-state index >= 15 is 0 Å². The second kappa shape index (κ2) is 6.20. The zero-order chi connectivity index (χ0) is 16.4. The van der Waals surface area contributed by atoms with Crippen LogP contribution in [0, 0.1) is 5.82 Å². The minimum atomic E-state index is -0.836. The van der Waals surface area contributed by atoms with Crippen LogP contribution >= 0.6 is 0 Å². The molecule has 1 aliphatic rings. The molecule has 120 valence electrons. The number of benzene rings is 1. The van der Waals surface area contributed by atoms with E-state index < -0.39 is 11.9 Å². The normalized spacial score (nSPS) is 17.9. The Labute approximate surface area is 132 Å². The fraction of sp³-hybridized carbons (Fsp3) is 0.312. The summed E-state index contributed by atoms with van der Waals surface area (Å²) in [6.45, 7) is 3.31. The Morgan fingerprint density at radius 2 is 2.30 bits per heavy atom. The summed E-state index contributed by atoms with van der Waals surface area (Å²) in [7, 11) is 0. The Balaban J connectivity index is 1.94. The molecule has 1 saturated heterocycles. The number of aryl methyl sites for hydroxylation is 1. The average molecular weight is 316 g/mol. The summed E-state index contributed by atoms with van der Waals surface area (Å²) in [5.74, 6) is -1.03. The zero-order valence-electron chi connectivity index (χ0n) is 12.7. The number of amides is 2. The molecule has 2 aromatic rings. The molecule has 1 unspecified atom stereocenters. The summed E-state index contributed by atoms with van der Waals surface area (Å²) in [5.41, 5.74) is 0.876. The molecule has 0 aliphatic carbocycles. The summed E-state index contributed by atoms with van der Waals surface area (Å²) in [6.07, 6.45) is 3.14. The zero-order valence-corrected chi connectivity index (χ0v) is 12.7. The molecular formula is C16H17FN4O2. The van der Waals surface area contributed by atoms with Gasteiger partial charge in [0.1, 0.15) is 11.9 Å². The van der Waals surface area contributed by atoms with Crippen LogP contribution in [0.2, 0.25) is 0 Å². The van der Waals surface area contributed by atoms with Gasteiger partial charge < -0.3 is 10.2 Å². The van der Waals surface area contributed by atoms with Crippen LogP contribution in [0.3, 0.4) is 0 Å². The van der Waals surface area contributed by atoms with Crippen LogP contribution in [0.1, 0.15) is 28.9 Å². The van der Waals surface area contributed by atoms with Gasteiger partial charge in [0, 0.05) is 25.8 Å². The molecule has 1 fully saturated rings. The number of nitrogens with zero attached hydrogens (tertiary/aromatic N) is 3. The van der Waals surface area contributed by atoms with E-state index in [1.54, 1.807) is 16.9 Å². The lowest BCUT2D eigenvalue weighted by Crippen LogP contribution is -2.52. The minimum Gasteiger partial charge on any atom is -0.352 e. The molecule has 0 saturated carbocycles. The van der Waals surface area contributed by atoms with Gasteiger partial charge in [-0.25, -0.2) is 4.39 Å². The van der Waals surface area contributed by atoms with E-state index in [0.717, 1.165) is 0 Å². The molecule has 1 aromatic carbocycles. The van der Waals surface area contributed by atoms with Gasteiger partial charge in [0.25, 0.3) is 5.91 Å². The Kier molecular flexibility index (Phi) is 4.10. The van der Waals surface area contributed by atoms with Crippen LogP contribution in [0.15, 0.2) is 36.7 Å². The molecular weight excluding hydrogens is 299 g/mol. The summed E-state index contributed by atoms with van der Waals surface area (Å²) < 4.78 is 15.1. The maximum Gasteiger partial charge on any atom is 0.258 e. The molecule has 1 atom stereocenters. The van der Waals surface area contributed by atoms with Crippen LogP contribution in [0.5, 0.6) is 0 Å². The van der Waals surface area contributed by atoms with Crippen LogP contribution in [0.4, 0.5) is 4.39 Å². The first-order chi connectivity index (χ1) is 11.1. The highest BCUT2D eigenvalue weighted by Crippen LogP contribution is 2.25. The number of rotatable bonds is 3. The molecule has 2 heterocycles. The van der Waals surface area contributed by atoms with E-state index in [4.69, 9.17) is 0 Å². The molecule has 6 nitrogen and oxygen atoms in total. The van der Waals surface area contributed by atoms with Gasteiger partial charge in [-0.05, 0) is 24.6 Å². The van der Waals surface area contributed by atoms with E-state index in [1.807, 2.05) is 6.92 Å². The summed E-state index contributed by atoms with van der Waals surface area (Å²) in [4.78, 5) is 26.5. The van der Waals surface area contributed by atoms with Crippen molar-refractivity contribution in [1.29, 1.82) is 0 Å². The maximum atomic E-state index is 13.5. The van der Waals surface area contributed by atoms with E-state index in [-0.39, 0.29) is 11.8 Å². The van der Waals surface area contributed by atoms with Crippen molar-refractivity contribution in [3.63, 3.8) is 0 Å². The predicted molar refractivity (Wildman–Crippen MR) is 81.1 cm³/mol. The number of halogens is 1. The fourth-order valence-corrected chi connectivity index (χ4v) is 2.71. The minimum absolute atomic E-state index is 0.284. The molecule has 0 spiro atoms. The summed E-state index contributed by atoms with van der Waals surface area (Å²) in [5, 5.41) is 6.82. The van der Waals surface area contributed by atoms with Crippen molar-refractivity contribution in [3.8, 4) is 0 Å². The number of carbonyl (C=O) groups excluding carboxylic acids is 2.